The molecule has 8 heteroatoms. The quantitative estimate of drug-likeness (QED) is 0.485. The molecule has 0 fully saturated rings. The van der Waals surface area contributed by atoms with Crippen LogP contribution in [0.5, 0.6) is 0 Å². The average molecular weight is 433 g/mol. The molecule has 166 valence electrons. The van der Waals surface area contributed by atoms with Gasteiger partial charge in [0.2, 0.25) is 5.91 Å². The van der Waals surface area contributed by atoms with Crippen molar-refractivity contribution >= 4 is 33.5 Å². The zero-order chi connectivity index (χ0) is 22.8. The number of para-hydroxylation sites is 1. The molecule has 0 aliphatic carbocycles. The zero-order valence-corrected chi connectivity index (χ0v) is 18.9. The van der Waals surface area contributed by atoms with E-state index in [1.54, 1.807) is 25.1 Å². The number of amides is 1. The number of hydrogen-bond donors (Lipinski definition) is 1. The fourth-order valence-electron chi connectivity index (χ4n) is 3.89. The third kappa shape index (κ3) is 4.27. The Balaban J connectivity index is 1.53. The first kappa shape index (κ1) is 21.7. The highest BCUT2D eigenvalue weighted by Gasteiger charge is 2.18. The lowest BCUT2D eigenvalue weighted by molar-refractivity contribution is -0.118. The molecule has 4 aromatic rings. The summed E-state index contributed by atoms with van der Waals surface area (Å²) in [6.45, 7) is 5.58. The van der Waals surface area contributed by atoms with E-state index in [-0.39, 0.29) is 11.5 Å². The van der Waals surface area contributed by atoms with Crippen LogP contribution in [0.25, 0.3) is 21.9 Å². The number of hydrogen-bond acceptors (Lipinski definition) is 5. The minimum absolute atomic E-state index is 0.235. The van der Waals surface area contributed by atoms with Crippen LogP contribution in [-0.4, -0.2) is 50.5 Å². The van der Waals surface area contributed by atoms with Crippen molar-refractivity contribution in [2.24, 2.45) is 0 Å². The van der Waals surface area contributed by atoms with Gasteiger partial charge in [-0.1, -0.05) is 12.1 Å². The molecule has 1 N–H and O–H groups in total. The topological polar surface area (TPSA) is 85.0 Å². The van der Waals surface area contributed by atoms with E-state index in [9.17, 15) is 9.59 Å². The number of aromatic nitrogens is 4. The van der Waals surface area contributed by atoms with Gasteiger partial charge in [-0.3, -0.25) is 14.2 Å². The molecule has 0 aliphatic rings. The highest BCUT2D eigenvalue weighted by molar-refractivity contribution is 5.95. The molecule has 1 amide bonds. The maximum atomic E-state index is 12.9. The van der Waals surface area contributed by atoms with Crippen LogP contribution in [0.3, 0.4) is 0 Å². The van der Waals surface area contributed by atoms with Crippen LogP contribution in [0.1, 0.15) is 25.2 Å². The summed E-state index contributed by atoms with van der Waals surface area (Å²) in [4.78, 5) is 36.8. The molecule has 0 radical (unpaired) electrons. The number of rotatable bonds is 7. The van der Waals surface area contributed by atoms with Gasteiger partial charge in [-0.25, -0.2) is 9.97 Å². The van der Waals surface area contributed by atoms with Gasteiger partial charge in [0, 0.05) is 12.2 Å². The summed E-state index contributed by atoms with van der Waals surface area (Å²) >= 11 is 0. The number of anilines is 1. The van der Waals surface area contributed by atoms with Gasteiger partial charge in [-0.05, 0) is 71.2 Å². The largest absolute Gasteiger partial charge is 0.328 e. The third-order valence-electron chi connectivity index (χ3n) is 5.68. The number of nitrogens with zero attached hydrogens (tertiary/aromatic N) is 5. The van der Waals surface area contributed by atoms with Crippen LogP contribution in [0, 0.1) is 6.92 Å². The van der Waals surface area contributed by atoms with Crippen molar-refractivity contribution in [3.63, 3.8) is 0 Å². The predicted molar refractivity (Wildman–Crippen MR) is 127 cm³/mol. The van der Waals surface area contributed by atoms with E-state index in [0.29, 0.717) is 16.6 Å². The Labute approximate surface area is 186 Å². The number of aryl methyl sites for hydroxylation is 2. The zero-order valence-electron chi connectivity index (χ0n) is 18.9. The number of fused-ring (bicyclic) bond motifs is 2. The van der Waals surface area contributed by atoms with Crippen LogP contribution < -0.4 is 10.9 Å². The second-order valence-electron chi connectivity index (χ2n) is 8.31. The Hall–Kier alpha value is -3.52. The maximum absolute atomic E-state index is 12.9. The first-order chi connectivity index (χ1) is 15.3. The smallest absolute Gasteiger partial charge is 0.261 e. The van der Waals surface area contributed by atoms with E-state index in [1.807, 2.05) is 31.2 Å². The molecular formula is C24H28N6O2. The number of benzene rings is 2. The van der Waals surface area contributed by atoms with Crippen molar-refractivity contribution < 1.29 is 4.79 Å². The first-order valence-electron chi connectivity index (χ1n) is 10.7. The molecule has 0 saturated heterocycles. The van der Waals surface area contributed by atoms with Crippen LogP contribution in [0.4, 0.5) is 5.69 Å². The monoisotopic (exact) mass is 432 g/mol. The van der Waals surface area contributed by atoms with Crippen LogP contribution in [-0.2, 0) is 11.3 Å². The molecule has 0 saturated carbocycles. The summed E-state index contributed by atoms with van der Waals surface area (Å²) in [7, 11) is 4.13. The molecule has 2 aromatic heterocycles. The maximum Gasteiger partial charge on any atom is 0.261 e. The predicted octanol–water partition coefficient (Wildman–Crippen LogP) is 3.21. The SMILES string of the molecule is Cc1nc2cc(NC(=O)C(C)n3cnc4ccccc4c3=O)ccc2n1CCCN(C)C. The van der Waals surface area contributed by atoms with Crippen molar-refractivity contribution in [1.29, 1.82) is 0 Å². The Bertz CT molecular complexity index is 1340. The summed E-state index contributed by atoms with van der Waals surface area (Å²) in [5, 5.41) is 3.40. The summed E-state index contributed by atoms with van der Waals surface area (Å²) < 4.78 is 3.56. The fraction of sp³-hybridized carbons (Fsp3) is 0.333. The highest BCUT2D eigenvalue weighted by atomic mass is 16.2. The molecule has 0 spiro atoms. The number of nitrogens with one attached hydrogen (secondary N) is 1. The van der Waals surface area contributed by atoms with Gasteiger partial charge < -0.3 is 14.8 Å². The molecule has 1 atom stereocenters. The standard InChI is InChI=1S/C24H28N6O2/c1-16(30-15-25-20-9-6-5-8-19(20)24(30)32)23(31)27-18-10-11-22-21(14-18)26-17(2)29(22)13-7-12-28(3)4/h5-6,8-11,14-16H,7,12-13H2,1-4H3,(H,27,31). The number of carbonyl (C=O) groups is 1. The van der Waals surface area contributed by atoms with Gasteiger partial charge in [-0.2, -0.15) is 0 Å². The summed E-state index contributed by atoms with van der Waals surface area (Å²) in [5.74, 6) is 0.662. The third-order valence-corrected chi connectivity index (χ3v) is 5.68. The second-order valence-corrected chi connectivity index (χ2v) is 8.31. The van der Waals surface area contributed by atoms with Crippen molar-refractivity contribution in [2.45, 2.75) is 32.9 Å². The molecule has 1 unspecified atom stereocenters. The molecule has 2 aromatic carbocycles. The number of imidazole rings is 1. The lowest BCUT2D eigenvalue weighted by atomic mass is 10.2. The van der Waals surface area contributed by atoms with Crippen molar-refractivity contribution in [1.82, 2.24) is 24.0 Å². The van der Waals surface area contributed by atoms with E-state index in [0.717, 1.165) is 36.4 Å². The van der Waals surface area contributed by atoms with Gasteiger partial charge in [0.1, 0.15) is 11.9 Å². The van der Waals surface area contributed by atoms with Crippen LogP contribution >= 0.6 is 0 Å². The van der Waals surface area contributed by atoms with Crippen LogP contribution in [0.2, 0.25) is 0 Å². The Morgan fingerprint density at radius 2 is 1.94 bits per heavy atom. The Kier molecular flexibility index (Phi) is 6.05. The summed E-state index contributed by atoms with van der Waals surface area (Å²) in [6, 6.07) is 12.1. The van der Waals surface area contributed by atoms with E-state index in [4.69, 9.17) is 0 Å². The average Bonchev–Trinajstić information content (AvgIpc) is 3.08. The van der Waals surface area contributed by atoms with Gasteiger partial charge in [0.05, 0.1) is 28.3 Å². The lowest BCUT2D eigenvalue weighted by Crippen LogP contribution is -2.31. The Morgan fingerprint density at radius 1 is 1.16 bits per heavy atom. The van der Waals surface area contributed by atoms with Gasteiger partial charge in [-0.15, -0.1) is 0 Å². The minimum atomic E-state index is -0.708. The van der Waals surface area contributed by atoms with Gasteiger partial charge in [0.25, 0.3) is 5.56 Å². The Morgan fingerprint density at radius 3 is 2.72 bits per heavy atom. The van der Waals surface area contributed by atoms with E-state index < -0.39 is 6.04 Å². The van der Waals surface area contributed by atoms with Crippen LogP contribution in [0.15, 0.2) is 53.6 Å². The molecule has 2 heterocycles. The molecule has 4 rings (SSSR count). The molecular weight excluding hydrogens is 404 g/mol. The first-order valence-corrected chi connectivity index (χ1v) is 10.7. The van der Waals surface area contributed by atoms with E-state index >= 15 is 0 Å². The lowest BCUT2D eigenvalue weighted by Gasteiger charge is -2.15. The molecule has 8 nitrogen and oxygen atoms in total. The summed E-state index contributed by atoms with van der Waals surface area (Å²) in [5.41, 5.74) is 2.91. The second kappa shape index (κ2) is 8.92. The van der Waals surface area contributed by atoms with E-state index in [1.165, 1.54) is 10.9 Å². The van der Waals surface area contributed by atoms with Crippen molar-refractivity contribution in [3.8, 4) is 0 Å². The molecule has 0 bridgehead atoms. The molecule has 0 aliphatic heterocycles. The minimum Gasteiger partial charge on any atom is -0.328 e. The van der Waals surface area contributed by atoms with Crippen molar-refractivity contribution in [2.75, 3.05) is 26.0 Å². The normalized spacial score (nSPS) is 12.5. The highest BCUT2D eigenvalue weighted by Crippen LogP contribution is 2.22. The van der Waals surface area contributed by atoms with E-state index in [2.05, 4.69) is 38.8 Å². The summed E-state index contributed by atoms with van der Waals surface area (Å²) in [6.07, 6.45) is 2.46. The molecule has 32 heavy (non-hydrogen) atoms. The van der Waals surface area contributed by atoms with Crippen molar-refractivity contribution in [3.05, 3.63) is 65.0 Å². The van der Waals surface area contributed by atoms with Gasteiger partial charge in [0.15, 0.2) is 0 Å². The number of carbonyl (C=O) groups excluding carboxylic acids is 1. The van der Waals surface area contributed by atoms with Gasteiger partial charge >= 0.3 is 0 Å². The fourth-order valence-corrected chi connectivity index (χ4v) is 3.89.